The molecule has 1 aliphatic carbocycles. The molecule has 2 aromatic heterocycles. The van der Waals surface area contributed by atoms with E-state index in [9.17, 15) is 14.4 Å². The highest BCUT2D eigenvalue weighted by Crippen LogP contribution is 2.30. The number of furan rings is 2. The summed E-state index contributed by atoms with van der Waals surface area (Å²) in [6.07, 6.45) is 3.43. The van der Waals surface area contributed by atoms with E-state index in [0.717, 1.165) is 17.2 Å². The smallest absolute Gasteiger partial charge is 0.305 e. The lowest BCUT2D eigenvalue weighted by atomic mass is 9.93. The molecule has 0 bridgehead atoms. The van der Waals surface area contributed by atoms with E-state index in [1.54, 1.807) is 19.9 Å². The van der Waals surface area contributed by atoms with Crippen molar-refractivity contribution in [2.75, 3.05) is 0 Å². The molecule has 0 unspecified atom stereocenters. The van der Waals surface area contributed by atoms with Gasteiger partial charge in [0.15, 0.2) is 5.76 Å². The molecule has 0 saturated heterocycles. The van der Waals surface area contributed by atoms with Crippen molar-refractivity contribution in [2.24, 2.45) is 5.10 Å². The molecule has 2 aromatic carbocycles. The van der Waals surface area contributed by atoms with Gasteiger partial charge < -0.3 is 8.83 Å². The standard InChI is InChI=1S/C27H24N4O5/c1-15-23-21(28-29-26(33)20-10-5-8-17-7-3-4-9-19(17)20)11-6-12-22(23)36-24(15)27(34)31-30-25(32)18-13-14-35-16(18)2/h3-5,7-10,13-14H,6,11-12H2,1-2H3,(H,29,33)(H,30,32)(H,31,34)/b28-21+. The summed E-state index contributed by atoms with van der Waals surface area (Å²) in [6, 6.07) is 14.7. The van der Waals surface area contributed by atoms with Crippen molar-refractivity contribution in [2.45, 2.75) is 33.1 Å². The van der Waals surface area contributed by atoms with Gasteiger partial charge in [-0.1, -0.05) is 36.4 Å². The van der Waals surface area contributed by atoms with Crippen LogP contribution in [0.5, 0.6) is 0 Å². The van der Waals surface area contributed by atoms with Gasteiger partial charge in [0.2, 0.25) is 0 Å². The third-order valence-corrected chi connectivity index (χ3v) is 6.25. The van der Waals surface area contributed by atoms with Crippen LogP contribution in [-0.2, 0) is 6.42 Å². The lowest BCUT2D eigenvalue weighted by Gasteiger charge is -2.13. The van der Waals surface area contributed by atoms with E-state index in [4.69, 9.17) is 8.83 Å². The minimum absolute atomic E-state index is 0.0826. The Labute approximate surface area is 206 Å². The minimum Gasteiger partial charge on any atom is -0.469 e. The number of hydrogen-bond donors (Lipinski definition) is 3. The molecule has 4 aromatic rings. The second kappa shape index (κ2) is 9.53. The molecule has 0 atom stereocenters. The van der Waals surface area contributed by atoms with Gasteiger partial charge in [0, 0.05) is 23.1 Å². The molecule has 9 heteroatoms. The van der Waals surface area contributed by atoms with Gasteiger partial charge in [-0.05, 0) is 49.6 Å². The van der Waals surface area contributed by atoms with E-state index >= 15 is 0 Å². The highest BCUT2D eigenvalue weighted by atomic mass is 16.4. The number of hydrazone groups is 1. The molecule has 5 rings (SSSR count). The van der Waals surface area contributed by atoms with Crippen molar-refractivity contribution in [3.63, 3.8) is 0 Å². The first-order valence-electron chi connectivity index (χ1n) is 11.6. The van der Waals surface area contributed by atoms with Crippen LogP contribution in [0.15, 0.2) is 68.7 Å². The van der Waals surface area contributed by atoms with Crippen LogP contribution in [0.1, 0.15) is 66.8 Å². The molecule has 2 heterocycles. The fourth-order valence-electron chi connectivity index (χ4n) is 4.46. The highest BCUT2D eigenvalue weighted by Gasteiger charge is 2.28. The number of hydrogen-bond acceptors (Lipinski definition) is 6. The van der Waals surface area contributed by atoms with Gasteiger partial charge in [0.25, 0.3) is 11.8 Å². The van der Waals surface area contributed by atoms with Crippen LogP contribution in [0, 0.1) is 13.8 Å². The average Bonchev–Trinajstić information content (AvgIpc) is 3.48. The Morgan fingerprint density at radius 1 is 0.861 bits per heavy atom. The maximum absolute atomic E-state index is 12.9. The number of aryl methyl sites for hydroxylation is 2. The lowest BCUT2D eigenvalue weighted by Crippen LogP contribution is -2.41. The third kappa shape index (κ3) is 4.26. The zero-order valence-corrected chi connectivity index (χ0v) is 19.8. The van der Waals surface area contributed by atoms with Crippen LogP contribution >= 0.6 is 0 Å². The SMILES string of the molecule is Cc1occc1C(=O)NNC(=O)c1oc2c(c1C)/C(=N/NC(=O)c1cccc3ccccc13)CCC2. The molecule has 3 amide bonds. The number of benzene rings is 2. The summed E-state index contributed by atoms with van der Waals surface area (Å²) in [5.74, 6) is -0.253. The Kier molecular flexibility index (Phi) is 6.12. The van der Waals surface area contributed by atoms with Gasteiger partial charge in [-0.3, -0.25) is 25.2 Å². The van der Waals surface area contributed by atoms with Crippen LogP contribution in [0.4, 0.5) is 0 Å². The topological polar surface area (TPSA) is 126 Å². The van der Waals surface area contributed by atoms with Gasteiger partial charge in [-0.25, -0.2) is 5.43 Å². The first kappa shape index (κ1) is 23.1. The van der Waals surface area contributed by atoms with Gasteiger partial charge >= 0.3 is 5.91 Å². The van der Waals surface area contributed by atoms with E-state index in [1.807, 2.05) is 36.4 Å². The molecule has 0 spiro atoms. The van der Waals surface area contributed by atoms with Crippen LogP contribution < -0.4 is 16.3 Å². The fourth-order valence-corrected chi connectivity index (χ4v) is 4.46. The molecule has 36 heavy (non-hydrogen) atoms. The fraction of sp³-hybridized carbons (Fsp3) is 0.185. The second-order valence-electron chi connectivity index (χ2n) is 8.53. The van der Waals surface area contributed by atoms with Crippen LogP contribution in [0.2, 0.25) is 0 Å². The zero-order chi connectivity index (χ0) is 25.2. The summed E-state index contributed by atoms with van der Waals surface area (Å²) < 4.78 is 11.0. The van der Waals surface area contributed by atoms with Gasteiger partial charge in [0.1, 0.15) is 11.5 Å². The number of nitrogens with zero attached hydrogens (tertiary/aromatic N) is 1. The first-order valence-corrected chi connectivity index (χ1v) is 11.6. The predicted molar refractivity (Wildman–Crippen MR) is 133 cm³/mol. The van der Waals surface area contributed by atoms with Gasteiger partial charge in [0.05, 0.1) is 17.5 Å². The number of carbonyl (C=O) groups is 3. The maximum atomic E-state index is 12.9. The molecule has 0 radical (unpaired) electrons. The van der Waals surface area contributed by atoms with Gasteiger partial charge in [-0.2, -0.15) is 5.10 Å². The molecule has 182 valence electrons. The Balaban J connectivity index is 1.34. The van der Waals surface area contributed by atoms with Crippen LogP contribution in [-0.4, -0.2) is 23.4 Å². The molecule has 1 aliphatic rings. The highest BCUT2D eigenvalue weighted by molar-refractivity contribution is 6.09. The van der Waals surface area contributed by atoms with Crippen molar-refractivity contribution in [1.82, 2.24) is 16.3 Å². The van der Waals surface area contributed by atoms with E-state index in [-0.39, 0.29) is 11.7 Å². The largest absolute Gasteiger partial charge is 0.469 e. The Hall–Kier alpha value is -4.66. The number of amides is 3. The first-order chi connectivity index (χ1) is 17.4. The molecular formula is C27H24N4O5. The van der Waals surface area contributed by atoms with E-state index < -0.39 is 11.8 Å². The quantitative estimate of drug-likeness (QED) is 0.375. The van der Waals surface area contributed by atoms with Crippen molar-refractivity contribution >= 4 is 34.2 Å². The predicted octanol–water partition coefficient (Wildman–Crippen LogP) is 4.19. The van der Waals surface area contributed by atoms with Crippen molar-refractivity contribution < 1.29 is 23.2 Å². The summed E-state index contributed by atoms with van der Waals surface area (Å²) in [5, 5.41) is 6.21. The molecular weight excluding hydrogens is 460 g/mol. The molecule has 9 nitrogen and oxygen atoms in total. The summed E-state index contributed by atoms with van der Waals surface area (Å²) in [4.78, 5) is 38.0. The third-order valence-electron chi connectivity index (χ3n) is 6.25. The van der Waals surface area contributed by atoms with Crippen molar-refractivity contribution in [3.8, 4) is 0 Å². The Bertz CT molecular complexity index is 1520. The number of hydrazine groups is 1. The number of nitrogens with one attached hydrogen (secondary N) is 3. The number of fused-ring (bicyclic) bond motifs is 2. The van der Waals surface area contributed by atoms with E-state index in [1.165, 1.54) is 12.3 Å². The number of carbonyl (C=O) groups excluding carboxylic acids is 3. The van der Waals surface area contributed by atoms with E-state index in [0.29, 0.717) is 52.3 Å². The lowest BCUT2D eigenvalue weighted by molar-refractivity contribution is 0.0828. The Morgan fingerprint density at radius 2 is 1.64 bits per heavy atom. The van der Waals surface area contributed by atoms with Crippen molar-refractivity contribution in [3.05, 3.63) is 94.3 Å². The minimum atomic E-state index is -0.587. The summed E-state index contributed by atoms with van der Waals surface area (Å²) >= 11 is 0. The van der Waals surface area contributed by atoms with E-state index in [2.05, 4.69) is 21.4 Å². The van der Waals surface area contributed by atoms with Crippen LogP contribution in [0.3, 0.4) is 0 Å². The molecule has 0 fully saturated rings. The van der Waals surface area contributed by atoms with Crippen molar-refractivity contribution in [1.29, 1.82) is 0 Å². The summed E-state index contributed by atoms with van der Waals surface area (Å²) in [6.45, 7) is 3.41. The summed E-state index contributed by atoms with van der Waals surface area (Å²) in [7, 11) is 0. The maximum Gasteiger partial charge on any atom is 0.305 e. The molecule has 0 aliphatic heterocycles. The zero-order valence-electron chi connectivity index (χ0n) is 19.8. The molecule has 3 N–H and O–H groups in total. The van der Waals surface area contributed by atoms with Crippen LogP contribution in [0.25, 0.3) is 10.8 Å². The normalized spacial score (nSPS) is 13.9. The average molecular weight is 485 g/mol. The second-order valence-corrected chi connectivity index (χ2v) is 8.53. The van der Waals surface area contributed by atoms with Gasteiger partial charge in [-0.15, -0.1) is 0 Å². The summed E-state index contributed by atoms with van der Waals surface area (Å²) in [5.41, 5.74) is 10.2. The number of rotatable bonds is 4. The molecule has 0 saturated carbocycles. The Morgan fingerprint density at radius 3 is 2.44 bits per heavy atom. The monoisotopic (exact) mass is 484 g/mol.